The van der Waals surface area contributed by atoms with Crippen molar-refractivity contribution < 1.29 is 9.47 Å². The number of rotatable bonds is 3. The number of benzene rings is 2. The van der Waals surface area contributed by atoms with Crippen molar-refractivity contribution in [2.75, 3.05) is 43.1 Å². The number of nitrogens with zero attached hydrogens (tertiary/aromatic N) is 2. The summed E-state index contributed by atoms with van der Waals surface area (Å²) in [6.45, 7) is 13.1. The van der Waals surface area contributed by atoms with E-state index in [1.165, 1.54) is 33.6 Å². The van der Waals surface area contributed by atoms with Crippen LogP contribution >= 0.6 is 0 Å². The highest BCUT2D eigenvalue weighted by atomic mass is 16.5. The number of ether oxygens (including phenoxy) is 2. The molecular formula is C23H30N2O2. The van der Waals surface area contributed by atoms with Gasteiger partial charge in [-0.25, -0.2) is 0 Å². The van der Waals surface area contributed by atoms with E-state index in [2.05, 4.69) is 49.6 Å². The van der Waals surface area contributed by atoms with Crippen LogP contribution in [0.25, 0.3) is 0 Å². The first kappa shape index (κ1) is 18.0. The Hall–Kier alpha value is -2.36. The van der Waals surface area contributed by atoms with Crippen LogP contribution in [0.3, 0.4) is 0 Å². The van der Waals surface area contributed by atoms with Crippen molar-refractivity contribution in [1.82, 2.24) is 0 Å². The Kier molecular flexibility index (Phi) is 4.67. The highest BCUT2D eigenvalue weighted by Crippen LogP contribution is 2.42. The van der Waals surface area contributed by atoms with Crippen LogP contribution < -0.4 is 19.3 Å². The molecule has 1 atom stereocenters. The molecule has 1 saturated heterocycles. The Balaban J connectivity index is 1.55. The monoisotopic (exact) mass is 366 g/mol. The van der Waals surface area contributed by atoms with Crippen LogP contribution in [0.5, 0.6) is 11.5 Å². The number of anilines is 2. The van der Waals surface area contributed by atoms with Crippen molar-refractivity contribution in [3.05, 3.63) is 46.5 Å². The normalized spacial score (nSPS) is 19.1. The Labute approximate surface area is 162 Å². The van der Waals surface area contributed by atoms with Crippen LogP contribution in [0.4, 0.5) is 11.4 Å². The fourth-order valence-corrected chi connectivity index (χ4v) is 4.56. The third kappa shape index (κ3) is 3.11. The zero-order chi connectivity index (χ0) is 19.1. The lowest BCUT2D eigenvalue weighted by molar-refractivity contribution is 0.253. The minimum atomic E-state index is 0.291. The van der Waals surface area contributed by atoms with Gasteiger partial charge in [0.1, 0.15) is 17.6 Å². The topological polar surface area (TPSA) is 24.9 Å². The lowest BCUT2D eigenvalue weighted by atomic mass is 9.94. The van der Waals surface area contributed by atoms with E-state index in [4.69, 9.17) is 9.47 Å². The lowest BCUT2D eigenvalue weighted by Crippen LogP contribution is -2.47. The van der Waals surface area contributed by atoms with Crippen LogP contribution in [0.2, 0.25) is 0 Å². The minimum absolute atomic E-state index is 0.291. The fourth-order valence-electron chi connectivity index (χ4n) is 4.56. The molecule has 4 heteroatoms. The van der Waals surface area contributed by atoms with E-state index in [1.54, 1.807) is 7.11 Å². The third-order valence-corrected chi connectivity index (χ3v) is 6.18. The molecule has 2 heterocycles. The molecule has 0 amide bonds. The standard InChI is InChI=1S/C23H30N2O2/c1-15-14-21-18(4)22(16(2)17(3)23(21)27-15)25-12-10-24(11-13-25)19-6-8-20(26-5)9-7-19/h6-9,15H,10-14H2,1-5H3/t15-/m0/s1. The van der Waals surface area contributed by atoms with E-state index in [1.807, 2.05) is 12.1 Å². The highest BCUT2D eigenvalue weighted by molar-refractivity contribution is 5.70. The summed E-state index contributed by atoms with van der Waals surface area (Å²) < 4.78 is 11.4. The molecule has 1 fully saturated rings. The van der Waals surface area contributed by atoms with Crippen LogP contribution in [0.15, 0.2) is 24.3 Å². The van der Waals surface area contributed by atoms with Gasteiger partial charge in [0.15, 0.2) is 0 Å². The molecule has 0 radical (unpaired) electrons. The van der Waals surface area contributed by atoms with Crippen LogP contribution in [0, 0.1) is 20.8 Å². The summed E-state index contributed by atoms with van der Waals surface area (Å²) in [5.41, 5.74) is 8.22. The molecular weight excluding hydrogens is 336 g/mol. The van der Waals surface area contributed by atoms with Crippen molar-refractivity contribution in [2.45, 2.75) is 40.2 Å². The van der Waals surface area contributed by atoms with Crippen molar-refractivity contribution in [2.24, 2.45) is 0 Å². The lowest BCUT2D eigenvalue weighted by Gasteiger charge is -2.39. The maximum Gasteiger partial charge on any atom is 0.126 e. The second kappa shape index (κ2) is 6.99. The van der Waals surface area contributed by atoms with Crippen molar-refractivity contribution in [3.63, 3.8) is 0 Å². The molecule has 0 bridgehead atoms. The molecule has 0 aliphatic carbocycles. The maximum absolute atomic E-state index is 6.10. The number of piperazine rings is 1. The molecule has 2 aromatic rings. The molecule has 2 aromatic carbocycles. The number of hydrogen-bond acceptors (Lipinski definition) is 4. The molecule has 4 nitrogen and oxygen atoms in total. The van der Waals surface area contributed by atoms with Gasteiger partial charge in [-0.1, -0.05) is 0 Å². The van der Waals surface area contributed by atoms with Crippen molar-refractivity contribution in [1.29, 1.82) is 0 Å². The summed E-state index contributed by atoms with van der Waals surface area (Å²) in [5.74, 6) is 2.05. The zero-order valence-corrected chi connectivity index (χ0v) is 17.1. The predicted molar refractivity (Wildman–Crippen MR) is 112 cm³/mol. The quantitative estimate of drug-likeness (QED) is 0.810. The SMILES string of the molecule is COc1ccc(N2CCN(c3c(C)c(C)c4c(c3C)C[C@H](C)O4)CC2)cc1. The van der Waals surface area contributed by atoms with Crippen LogP contribution in [0.1, 0.15) is 29.2 Å². The smallest absolute Gasteiger partial charge is 0.126 e. The van der Waals surface area contributed by atoms with Gasteiger partial charge in [-0.2, -0.15) is 0 Å². The Bertz CT molecular complexity index is 837. The highest BCUT2D eigenvalue weighted by Gasteiger charge is 2.29. The molecule has 27 heavy (non-hydrogen) atoms. The van der Waals surface area contributed by atoms with E-state index >= 15 is 0 Å². The van der Waals surface area contributed by atoms with Gasteiger partial charge in [0.2, 0.25) is 0 Å². The molecule has 2 aliphatic rings. The van der Waals surface area contributed by atoms with E-state index in [0.717, 1.165) is 44.1 Å². The number of fused-ring (bicyclic) bond motifs is 1. The second-order valence-corrected chi connectivity index (χ2v) is 7.84. The van der Waals surface area contributed by atoms with E-state index in [9.17, 15) is 0 Å². The van der Waals surface area contributed by atoms with Gasteiger partial charge in [-0.3, -0.25) is 0 Å². The molecule has 0 unspecified atom stereocenters. The summed E-state index contributed by atoms with van der Waals surface area (Å²) in [5, 5.41) is 0. The molecule has 2 aliphatic heterocycles. The van der Waals surface area contributed by atoms with Gasteiger partial charge in [0.05, 0.1) is 7.11 Å². The largest absolute Gasteiger partial charge is 0.497 e. The number of methoxy groups -OCH3 is 1. The summed E-state index contributed by atoms with van der Waals surface area (Å²) in [4.78, 5) is 5.03. The van der Waals surface area contributed by atoms with Crippen LogP contribution in [-0.4, -0.2) is 39.4 Å². The zero-order valence-electron chi connectivity index (χ0n) is 17.1. The molecule has 0 saturated carbocycles. The predicted octanol–water partition coefficient (Wildman–Crippen LogP) is 4.27. The van der Waals surface area contributed by atoms with Gasteiger partial charge < -0.3 is 19.3 Å². The molecule has 144 valence electrons. The Morgan fingerprint density at radius 2 is 1.52 bits per heavy atom. The maximum atomic E-state index is 6.10. The van der Waals surface area contributed by atoms with Gasteiger partial charge >= 0.3 is 0 Å². The number of hydrogen-bond donors (Lipinski definition) is 0. The molecule has 4 rings (SSSR count). The summed E-state index contributed by atoms with van der Waals surface area (Å²) in [7, 11) is 1.71. The van der Waals surface area contributed by atoms with Gasteiger partial charge in [0.25, 0.3) is 0 Å². The first-order valence-electron chi connectivity index (χ1n) is 9.92. The van der Waals surface area contributed by atoms with Gasteiger partial charge in [0, 0.05) is 49.5 Å². The van der Waals surface area contributed by atoms with E-state index in [-0.39, 0.29) is 0 Å². The molecule has 0 N–H and O–H groups in total. The molecule has 0 spiro atoms. The first-order chi connectivity index (χ1) is 13.0. The third-order valence-electron chi connectivity index (χ3n) is 6.18. The first-order valence-corrected chi connectivity index (χ1v) is 9.92. The van der Waals surface area contributed by atoms with E-state index < -0.39 is 0 Å². The average Bonchev–Trinajstić information content (AvgIpc) is 3.09. The fraction of sp³-hybridized carbons (Fsp3) is 0.478. The Morgan fingerprint density at radius 3 is 2.15 bits per heavy atom. The van der Waals surface area contributed by atoms with Crippen LogP contribution in [-0.2, 0) is 6.42 Å². The molecule has 0 aromatic heterocycles. The summed E-state index contributed by atoms with van der Waals surface area (Å²) in [6, 6.07) is 8.40. The second-order valence-electron chi connectivity index (χ2n) is 7.84. The summed E-state index contributed by atoms with van der Waals surface area (Å²) >= 11 is 0. The van der Waals surface area contributed by atoms with Crippen molar-refractivity contribution >= 4 is 11.4 Å². The van der Waals surface area contributed by atoms with Gasteiger partial charge in [-0.05, 0) is 68.7 Å². The minimum Gasteiger partial charge on any atom is -0.497 e. The Morgan fingerprint density at radius 1 is 0.889 bits per heavy atom. The average molecular weight is 367 g/mol. The van der Waals surface area contributed by atoms with Gasteiger partial charge in [-0.15, -0.1) is 0 Å². The van der Waals surface area contributed by atoms with E-state index in [0.29, 0.717) is 6.10 Å². The van der Waals surface area contributed by atoms with Crippen molar-refractivity contribution in [3.8, 4) is 11.5 Å². The summed E-state index contributed by atoms with van der Waals surface area (Å²) in [6.07, 6.45) is 1.32.